The number of hydrogen-bond donors (Lipinski definition) is 1. The summed E-state index contributed by atoms with van der Waals surface area (Å²) in [5, 5.41) is 14.1. The topological polar surface area (TPSA) is 46.5 Å². The van der Waals surface area contributed by atoms with Crippen molar-refractivity contribution in [3.05, 3.63) is 60.2 Å². The van der Waals surface area contributed by atoms with Crippen LogP contribution in [-0.4, -0.2) is 18.2 Å². The summed E-state index contributed by atoms with van der Waals surface area (Å²) in [7, 11) is 1.27. The van der Waals surface area contributed by atoms with Gasteiger partial charge in [0.1, 0.15) is 0 Å². The first-order valence-corrected chi connectivity index (χ1v) is 6.38. The highest BCUT2D eigenvalue weighted by molar-refractivity contribution is 6.09. The van der Waals surface area contributed by atoms with Crippen LogP contribution in [0.2, 0.25) is 0 Å². The van der Waals surface area contributed by atoms with E-state index in [1.54, 1.807) is 0 Å². The van der Waals surface area contributed by atoms with Gasteiger partial charge >= 0.3 is 5.97 Å². The Morgan fingerprint density at radius 3 is 2.30 bits per heavy atom. The van der Waals surface area contributed by atoms with Gasteiger partial charge in [-0.1, -0.05) is 48.5 Å². The maximum atomic E-state index is 11.6. The van der Waals surface area contributed by atoms with Gasteiger partial charge in [0.2, 0.25) is 0 Å². The number of aliphatic hydroxyl groups is 1. The molecular weight excluding hydrogens is 252 g/mol. The molecule has 0 heterocycles. The molecule has 0 aliphatic heterocycles. The minimum absolute atomic E-state index is 0.575. The number of fused-ring (bicyclic) bond motifs is 3. The van der Waals surface area contributed by atoms with Gasteiger partial charge in [-0.3, -0.25) is 0 Å². The van der Waals surface area contributed by atoms with Crippen molar-refractivity contribution < 1.29 is 14.6 Å². The molecule has 3 nitrogen and oxygen atoms in total. The maximum Gasteiger partial charge on any atom is 0.339 e. The maximum absolute atomic E-state index is 11.6. The number of ether oxygens (including phenoxy) is 1. The lowest BCUT2D eigenvalue weighted by atomic mass is 9.94. The van der Waals surface area contributed by atoms with E-state index in [-0.39, 0.29) is 0 Å². The molecule has 0 radical (unpaired) electrons. The Morgan fingerprint density at radius 2 is 1.60 bits per heavy atom. The molecule has 0 fully saturated rings. The summed E-state index contributed by atoms with van der Waals surface area (Å²) in [5.74, 6) is -0.648. The number of carbonyl (C=O) groups excluding carboxylic acids is 1. The molecule has 0 amide bonds. The lowest BCUT2D eigenvalue weighted by molar-refractivity contribution is -0.150. The molecule has 0 bridgehead atoms. The van der Waals surface area contributed by atoms with Gasteiger partial charge in [0.25, 0.3) is 0 Å². The predicted octanol–water partition coefficient (Wildman–Crippen LogP) is 3.20. The summed E-state index contributed by atoms with van der Waals surface area (Å²) in [6.45, 7) is 0. The van der Waals surface area contributed by atoms with Crippen LogP contribution >= 0.6 is 0 Å². The van der Waals surface area contributed by atoms with E-state index in [2.05, 4.69) is 4.74 Å². The van der Waals surface area contributed by atoms with Gasteiger partial charge < -0.3 is 9.84 Å². The Labute approximate surface area is 116 Å². The SMILES string of the molecule is COC(=O)C(O)c1cc2ccccc2c2ccccc12. The first kappa shape index (κ1) is 12.6. The van der Waals surface area contributed by atoms with Crippen molar-refractivity contribution in [2.75, 3.05) is 7.11 Å². The molecular formula is C17H14O3. The highest BCUT2D eigenvalue weighted by atomic mass is 16.5. The number of benzene rings is 3. The fraction of sp³-hybridized carbons (Fsp3) is 0.118. The second-order valence-electron chi connectivity index (χ2n) is 4.66. The van der Waals surface area contributed by atoms with Crippen molar-refractivity contribution >= 4 is 27.5 Å². The lowest BCUT2D eigenvalue weighted by Crippen LogP contribution is -2.13. The van der Waals surface area contributed by atoms with E-state index in [4.69, 9.17) is 0 Å². The molecule has 1 unspecified atom stereocenters. The van der Waals surface area contributed by atoms with Gasteiger partial charge in [0.05, 0.1) is 7.11 Å². The molecule has 1 atom stereocenters. The second kappa shape index (κ2) is 4.94. The molecule has 0 aliphatic carbocycles. The van der Waals surface area contributed by atoms with Gasteiger partial charge in [-0.15, -0.1) is 0 Å². The third-order valence-electron chi connectivity index (χ3n) is 3.52. The summed E-state index contributed by atoms with van der Waals surface area (Å²) < 4.78 is 4.64. The molecule has 3 aromatic rings. The standard InChI is InChI=1S/C17H14O3/c1-20-17(19)16(18)15-10-11-6-2-3-7-12(11)13-8-4-5-9-14(13)15/h2-10,16,18H,1H3. The van der Waals surface area contributed by atoms with Crippen LogP contribution in [0.25, 0.3) is 21.5 Å². The van der Waals surface area contributed by atoms with Gasteiger partial charge in [0.15, 0.2) is 6.10 Å². The van der Waals surface area contributed by atoms with E-state index >= 15 is 0 Å². The third kappa shape index (κ3) is 1.92. The quantitative estimate of drug-likeness (QED) is 0.572. The van der Waals surface area contributed by atoms with Gasteiger partial charge in [-0.2, -0.15) is 0 Å². The van der Waals surface area contributed by atoms with Crippen molar-refractivity contribution in [1.29, 1.82) is 0 Å². The molecule has 1 N–H and O–H groups in total. The average molecular weight is 266 g/mol. The molecule has 3 rings (SSSR count). The number of esters is 1. The van der Waals surface area contributed by atoms with Gasteiger partial charge in [0, 0.05) is 5.56 Å². The van der Waals surface area contributed by atoms with Crippen LogP contribution in [-0.2, 0) is 9.53 Å². The Balaban J connectivity index is 2.37. The molecule has 20 heavy (non-hydrogen) atoms. The predicted molar refractivity (Wildman–Crippen MR) is 78.4 cm³/mol. The molecule has 3 aromatic carbocycles. The summed E-state index contributed by atoms with van der Waals surface area (Å²) in [6.07, 6.45) is -1.27. The van der Waals surface area contributed by atoms with Crippen molar-refractivity contribution in [3.63, 3.8) is 0 Å². The Kier molecular flexibility index (Phi) is 3.12. The van der Waals surface area contributed by atoms with E-state index in [0.29, 0.717) is 5.56 Å². The molecule has 0 aliphatic rings. The van der Waals surface area contributed by atoms with E-state index in [9.17, 15) is 9.90 Å². The van der Waals surface area contributed by atoms with Gasteiger partial charge in [-0.25, -0.2) is 4.79 Å². The number of aliphatic hydroxyl groups excluding tert-OH is 1. The Hall–Kier alpha value is -2.39. The number of hydrogen-bond acceptors (Lipinski definition) is 3. The van der Waals surface area contributed by atoms with Crippen molar-refractivity contribution in [2.24, 2.45) is 0 Å². The van der Waals surface area contributed by atoms with Crippen molar-refractivity contribution in [1.82, 2.24) is 0 Å². The summed E-state index contributed by atoms with van der Waals surface area (Å²) in [5.41, 5.74) is 0.575. The van der Waals surface area contributed by atoms with Crippen molar-refractivity contribution in [3.8, 4) is 0 Å². The average Bonchev–Trinajstić information content (AvgIpc) is 2.52. The second-order valence-corrected chi connectivity index (χ2v) is 4.66. The molecule has 0 saturated heterocycles. The first-order chi connectivity index (χ1) is 9.72. The van der Waals surface area contributed by atoms with E-state index in [0.717, 1.165) is 21.5 Å². The zero-order valence-corrected chi connectivity index (χ0v) is 11.0. The molecule has 0 saturated carbocycles. The van der Waals surface area contributed by atoms with Crippen LogP contribution in [0.5, 0.6) is 0 Å². The summed E-state index contributed by atoms with van der Waals surface area (Å²) >= 11 is 0. The van der Waals surface area contributed by atoms with E-state index < -0.39 is 12.1 Å². The highest BCUT2D eigenvalue weighted by Crippen LogP contribution is 2.32. The number of carbonyl (C=O) groups is 1. The van der Waals surface area contributed by atoms with Crippen molar-refractivity contribution in [2.45, 2.75) is 6.10 Å². The van der Waals surface area contributed by atoms with Crippen LogP contribution < -0.4 is 0 Å². The van der Waals surface area contributed by atoms with Crippen LogP contribution in [0.15, 0.2) is 54.6 Å². The smallest absolute Gasteiger partial charge is 0.339 e. The molecule has 3 heteroatoms. The minimum Gasteiger partial charge on any atom is -0.467 e. The largest absolute Gasteiger partial charge is 0.467 e. The third-order valence-corrected chi connectivity index (χ3v) is 3.52. The van der Waals surface area contributed by atoms with E-state index in [1.807, 2.05) is 54.6 Å². The number of methoxy groups -OCH3 is 1. The van der Waals surface area contributed by atoms with Crippen LogP contribution in [0, 0.1) is 0 Å². The Bertz CT molecular complexity index is 792. The monoisotopic (exact) mass is 266 g/mol. The van der Waals surface area contributed by atoms with Crippen LogP contribution in [0.1, 0.15) is 11.7 Å². The highest BCUT2D eigenvalue weighted by Gasteiger charge is 2.21. The molecule has 0 spiro atoms. The fourth-order valence-corrected chi connectivity index (χ4v) is 2.55. The summed E-state index contributed by atoms with van der Waals surface area (Å²) in [4.78, 5) is 11.6. The number of rotatable bonds is 2. The van der Waals surface area contributed by atoms with Gasteiger partial charge in [-0.05, 0) is 27.6 Å². The fourth-order valence-electron chi connectivity index (χ4n) is 2.55. The zero-order chi connectivity index (χ0) is 14.1. The zero-order valence-electron chi connectivity index (χ0n) is 11.0. The van der Waals surface area contributed by atoms with Crippen LogP contribution in [0.3, 0.4) is 0 Å². The van der Waals surface area contributed by atoms with E-state index in [1.165, 1.54) is 7.11 Å². The molecule has 100 valence electrons. The summed E-state index contributed by atoms with van der Waals surface area (Å²) in [6, 6.07) is 17.5. The lowest BCUT2D eigenvalue weighted by Gasteiger charge is -2.14. The minimum atomic E-state index is -1.27. The van der Waals surface area contributed by atoms with Crippen LogP contribution in [0.4, 0.5) is 0 Å². The molecule has 0 aromatic heterocycles. The normalized spacial score (nSPS) is 12.5. The Morgan fingerprint density at radius 1 is 1.00 bits per heavy atom. The first-order valence-electron chi connectivity index (χ1n) is 6.38.